The van der Waals surface area contributed by atoms with E-state index < -0.39 is 0 Å². The van der Waals surface area contributed by atoms with Gasteiger partial charge in [-0.3, -0.25) is 4.79 Å². The zero-order chi connectivity index (χ0) is 13.8. The van der Waals surface area contributed by atoms with Gasteiger partial charge in [-0.15, -0.1) is 0 Å². The minimum absolute atomic E-state index is 0.00565. The highest BCUT2D eigenvalue weighted by atomic mass is 35.5. The number of anilines is 1. The maximum Gasteiger partial charge on any atom is 0.217 e. The summed E-state index contributed by atoms with van der Waals surface area (Å²) >= 11 is 5.90. The second-order valence-corrected chi connectivity index (χ2v) is 5.00. The molecule has 0 radical (unpaired) electrons. The monoisotopic (exact) mass is 278 g/mol. The largest absolute Gasteiger partial charge is 0.356 e. The molecular formula is C13H15ClN4O. The predicted octanol–water partition coefficient (Wildman–Crippen LogP) is 1.71. The average Bonchev–Trinajstić information content (AvgIpc) is 2.38. The van der Waals surface area contributed by atoms with Crippen molar-refractivity contribution in [2.24, 2.45) is 0 Å². The highest BCUT2D eigenvalue weighted by Crippen LogP contribution is 2.21. The van der Waals surface area contributed by atoms with Gasteiger partial charge in [-0.2, -0.15) is 5.26 Å². The van der Waals surface area contributed by atoms with E-state index in [1.165, 1.54) is 6.92 Å². The van der Waals surface area contributed by atoms with Gasteiger partial charge in [-0.1, -0.05) is 11.6 Å². The first-order valence-corrected chi connectivity index (χ1v) is 6.56. The van der Waals surface area contributed by atoms with Crippen molar-refractivity contribution in [1.82, 2.24) is 10.3 Å². The summed E-state index contributed by atoms with van der Waals surface area (Å²) in [6, 6.07) is 5.59. The summed E-state index contributed by atoms with van der Waals surface area (Å²) in [6.07, 6.45) is 1.74. The van der Waals surface area contributed by atoms with E-state index in [2.05, 4.69) is 21.3 Å². The Labute approximate surface area is 117 Å². The van der Waals surface area contributed by atoms with Crippen LogP contribution in [0.5, 0.6) is 0 Å². The Morgan fingerprint density at radius 1 is 1.53 bits per heavy atom. The van der Waals surface area contributed by atoms with Crippen LogP contribution >= 0.6 is 11.6 Å². The molecule has 2 rings (SSSR count). The Balaban J connectivity index is 2.03. The molecule has 0 aromatic carbocycles. The number of aromatic nitrogens is 1. The van der Waals surface area contributed by atoms with Crippen LogP contribution in [-0.2, 0) is 4.79 Å². The first-order valence-electron chi connectivity index (χ1n) is 6.18. The van der Waals surface area contributed by atoms with Crippen molar-refractivity contribution < 1.29 is 4.79 Å². The minimum Gasteiger partial charge on any atom is -0.356 e. The van der Waals surface area contributed by atoms with Gasteiger partial charge < -0.3 is 10.2 Å². The van der Waals surface area contributed by atoms with E-state index in [1.807, 2.05) is 0 Å². The smallest absolute Gasteiger partial charge is 0.217 e. The molecular weight excluding hydrogens is 264 g/mol. The van der Waals surface area contributed by atoms with Crippen LogP contribution in [0.1, 0.15) is 25.3 Å². The summed E-state index contributed by atoms with van der Waals surface area (Å²) in [7, 11) is 0. The van der Waals surface area contributed by atoms with Crippen molar-refractivity contribution >= 4 is 23.3 Å². The number of carbonyl (C=O) groups is 1. The van der Waals surface area contributed by atoms with E-state index in [0.29, 0.717) is 10.7 Å². The van der Waals surface area contributed by atoms with E-state index in [-0.39, 0.29) is 11.9 Å². The van der Waals surface area contributed by atoms with Gasteiger partial charge in [0.2, 0.25) is 5.91 Å². The van der Waals surface area contributed by atoms with Crippen LogP contribution in [0.25, 0.3) is 0 Å². The molecule has 6 heteroatoms. The van der Waals surface area contributed by atoms with Gasteiger partial charge in [0.25, 0.3) is 0 Å². The van der Waals surface area contributed by atoms with E-state index >= 15 is 0 Å². The van der Waals surface area contributed by atoms with Crippen LogP contribution in [0, 0.1) is 11.3 Å². The molecule has 2 heterocycles. The third kappa shape index (κ3) is 3.58. The van der Waals surface area contributed by atoms with E-state index in [1.54, 1.807) is 12.1 Å². The van der Waals surface area contributed by atoms with Gasteiger partial charge in [0.15, 0.2) is 0 Å². The fraction of sp³-hybridized carbons (Fsp3) is 0.462. The molecule has 1 amide bonds. The summed E-state index contributed by atoms with van der Waals surface area (Å²) in [4.78, 5) is 17.3. The van der Waals surface area contributed by atoms with Crippen molar-refractivity contribution in [3.05, 3.63) is 22.8 Å². The van der Waals surface area contributed by atoms with Crippen LogP contribution < -0.4 is 10.2 Å². The maximum atomic E-state index is 11.0. The molecule has 19 heavy (non-hydrogen) atoms. The lowest BCUT2D eigenvalue weighted by atomic mass is 10.0. The normalized spacial score (nSPS) is 15.9. The van der Waals surface area contributed by atoms with Crippen LogP contribution in [0.3, 0.4) is 0 Å². The molecule has 1 aromatic heterocycles. The molecule has 0 bridgehead atoms. The Morgan fingerprint density at radius 3 is 2.79 bits per heavy atom. The van der Waals surface area contributed by atoms with Gasteiger partial charge in [-0.05, 0) is 25.0 Å². The minimum atomic E-state index is 0.00565. The van der Waals surface area contributed by atoms with Crippen molar-refractivity contribution in [3.8, 4) is 6.07 Å². The molecule has 1 saturated heterocycles. The molecule has 0 aliphatic carbocycles. The molecule has 1 aromatic rings. The SMILES string of the molecule is CC(=O)NC1CCN(c2cc(C#N)cc(Cl)n2)CC1. The summed E-state index contributed by atoms with van der Waals surface area (Å²) in [5.74, 6) is 0.733. The molecule has 1 fully saturated rings. The first kappa shape index (κ1) is 13.6. The van der Waals surface area contributed by atoms with Crippen LogP contribution in [-0.4, -0.2) is 30.0 Å². The van der Waals surface area contributed by atoms with Crippen LogP contribution in [0.15, 0.2) is 12.1 Å². The number of carbonyl (C=O) groups excluding carboxylic acids is 1. The molecule has 1 N–H and O–H groups in total. The Bertz CT molecular complexity index is 518. The highest BCUT2D eigenvalue weighted by Gasteiger charge is 2.21. The zero-order valence-corrected chi connectivity index (χ0v) is 11.4. The second kappa shape index (κ2) is 5.89. The fourth-order valence-electron chi connectivity index (χ4n) is 2.25. The second-order valence-electron chi connectivity index (χ2n) is 4.61. The maximum absolute atomic E-state index is 11.0. The first-order chi connectivity index (χ1) is 9.08. The van der Waals surface area contributed by atoms with Crippen molar-refractivity contribution in [3.63, 3.8) is 0 Å². The number of pyridine rings is 1. The number of hydrogen-bond donors (Lipinski definition) is 1. The summed E-state index contributed by atoms with van der Waals surface area (Å²) in [5, 5.41) is 12.2. The molecule has 0 spiro atoms. The molecule has 0 saturated carbocycles. The third-order valence-electron chi connectivity index (χ3n) is 3.14. The number of rotatable bonds is 2. The summed E-state index contributed by atoms with van der Waals surface area (Å²) in [5.41, 5.74) is 0.513. The number of hydrogen-bond acceptors (Lipinski definition) is 4. The quantitative estimate of drug-likeness (QED) is 0.836. The Morgan fingerprint density at radius 2 is 2.21 bits per heavy atom. The van der Waals surface area contributed by atoms with Gasteiger partial charge in [0.1, 0.15) is 11.0 Å². The number of halogens is 1. The predicted molar refractivity (Wildman–Crippen MR) is 73.0 cm³/mol. The van der Waals surface area contributed by atoms with E-state index in [9.17, 15) is 4.79 Å². The Kier molecular flexibility index (Phi) is 4.23. The lowest BCUT2D eigenvalue weighted by Crippen LogP contribution is -2.44. The molecule has 100 valence electrons. The fourth-order valence-corrected chi connectivity index (χ4v) is 2.45. The number of piperidine rings is 1. The number of nitrogens with zero attached hydrogens (tertiary/aromatic N) is 3. The van der Waals surface area contributed by atoms with E-state index in [4.69, 9.17) is 16.9 Å². The summed E-state index contributed by atoms with van der Waals surface area (Å²) in [6.45, 7) is 3.12. The topological polar surface area (TPSA) is 69.0 Å². The summed E-state index contributed by atoms with van der Waals surface area (Å²) < 4.78 is 0. The number of amides is 1. The van der Waals surface area contributed by atoms with Crippen molar-refractivity contribution in [1.29, 1.82) is 5.26 Å². The number of nitriles is 1. The van der Waals surface area contributed by atoms with Crippen LogP contribution in [0.2, 0.25) is 5.15 Å². The molecule has 5 nitrogen and oxygen atoms in total. The standard InChI is InChI=1S/C13H15ClN4O/c1-9(19)16-11-2-4-18(5-3-11)13-7-10(8-15)6-12(14)17-13/h6-7,11H,2-5H2,1H3,(H,16,19). The van der Waals surface area contributed by atoms with Crippen molar-refractivity contribution in [2.45, 2.75) is 25.8 Å². The van der Waals surface area contributed by atoms with Gasteiger partial charge in [0, 0.05) is 26.1 Å². The van der Waals surface area contributed by atoms with Crippen LogP contribution in [0.4, 0.5) is 5.82 Å². The Hall–Kier alpha value is -1.80. The third-order valence-corrected chi connectivity index (χ3v) is 3.33. The zero-order valence-electron chi connectivity index (χ0n) is 10.7. The molecule has 1 aliphatic rings. The average molecular weight is 279 g/mol. The van der Waals surface area contributed by atoms with Crippen molar-refractivity contribution in [2.75, 3.05) is 18.0 Å². The molecule has 1 aliphatic heterocycles. The van der Waals surface area contributed by atoms with Gasteiger partial charge in [-0.25, -0.2) is 4.98 Å². The van der Waals surface area contributed by atoms with Gasteiger partial charge >= 0.3 is 0 Å². The highest BCUT2D eigenvalue weighted by molar-refractivity contribution is 6.29. The van der Waals surface area contributed by atoms with E-state index in [0.717, 1.165) is 31.7 Å². The lowest BCUT2D eigenvalue weighted by Gasteiger charge is -2.33. The van der Waals surface area contributed by atoms with Gasteiger partial charge in [0.05, 0.1) is 11.6 Å². The lowest BCUT2D eigenvalue weighted by molar-refractivity contribution is -0.119. The number of nitrogens with one attached hydrogen (secondary N) is 1. The molecule has 0 unspecified atom stereocenters. The molecule has 0 atom stereocenters.